The predicted molar refractivity (Wildman–Crippen MR) is 104 cm³/mol. The summed E-state index contributed by atoms with van der Waals surface area (Å²) in [6.07, 6.45) is -0.177. The quantitative estimate of drug-likeness (QED) is 0.564. The van der Waals surface area contributed by atoms with E-state index in [1.165, 1.54) is 29.4 Å². The Morgan fingerprint density at radius 2 is 1.56 bits per heavy atom. The molecule has 0 aromatic heterocycles. The molecule has 2 N–H and O–H groups in total. The van der Waals surface area contributed by atoms with Gasteiger partial charge in [-0.1, -0.05) is 30.0 Å². The maximum absolute atomic E-state index is 13.2. The number of carbonyl (C=O) groups is 1. The topological polar surface area (TPSA) is 101 Å². The highest BCUT2D eigenvalue weighted by Gasteiger charge is 2.52. The molecule has 0 unspecified atom stereocenters. The first-order chi connectivity index (χ1) is 12.9. The Morgan fingerprint density at radius 3 is 2.11 bits per heavy atom. The highest BCUT2D eigenvalue weighted by Crippen LogP contribution is 2.37. The lowest BCUT2D eigenvalue weighted by molar-refractivity contribution is -0.132. The van der Waals surface area contributed by atoms with Crippen molar-refractivity contribution < 1.29 is 22.6 Å². The van der Waals surface area contributed by atoms with Gasteiger partial charge in [0.1, 0.15) is 0 Å². The molecule has 0 radical (unpaired) electrons. The molecule has 2 aromatic carbocycles. The number of hydroxylamine groups is 1. The van der Waals surface area contributed by atoms with E-state index in [2.05, 4.69) is 0 Å². The average Bonchev–Trinajstić information content (AvgIpc) is 2.69. The fraction of sp³-hybridized carbons (Fsp3) is 0.278. The summed E-state index contributed by atoms with van der Waals surface area (Å²) in [5, 5.41) is 9.09. The minimum absolute atomic E-state index is 0.0104. The zero-order chi connectivity index (χ0) is 19.5. The minimum Gasteiger partial charge on any atom is -0.289 e. The van der Waals surface area contributed by atoms with E-state index in [0.717, 1.165) is 9.79 Å². The zero-order valence-corrected chi connectivity index (χ0v) is 16.8. The third kappa shape index (κ3) is 3.96. The molecule has 1 aliphatic heterocycles. The first-order valence-corrected chi connectivity index (χ1v) is 12.0. The van der Waals surface area contributed by atoms with Crippen molar-refractivity contribution in [2.75, 3.05) is 11.5 Å². The van der Waals surface area contributed by atoms with Gasteiger partial charge >= 0.3 is 0 Å². The number of hydrogen-bond acceptors (Lipinski definition) is 6. The second-order valence-corrected chi connectivity index (χ2v) is 11.3. The van der Waals surface area contributed by atoms with Gasteiger partial charge in [0, 0.05) is 32.1 Å². The largest absolute Gasteiger partial charge is 0.289 e. The van der Waals surface area contributed by atoms with Crippen LogP contribution in [0.15, 0.2) is 69.3 Å². The first kappa shape index (κ1) is 20.1. The van der Waals surface area contributed by atoms with Crippen molar-refractivity contribution in [3.63, 3.8) is 0 Å². The summed E-state index contributed by atoms with van der Waals surface area (Å²) in [5.74, 6) is -0.759. The predicted octanol–water partition coefficient (Wildman–Crippen LogP) is 2.40. The van der Waals surface area contributed by atoms with Crippen LogP contribution in [0, 0.1) is 0 Å². The number of hydrogen-bond donors (Lipinski definition) is 2. The summed E-state index contributed by atoms with van der Waals surface area (Å²) in [7, 11) is -5.22. The summed E-state index contributed by atoms with van der Waals surface area (Å²) >= 11 is 1.50. The van der Waals surface area contributed by atoms with E-state index in [-0.39, 0.29) is 29.2 Å². The third-order valence-electron chi connectivity index (χ3n) is 4.61. The number of rotatable bonds is 5. The Balaban J connectivity index is 1.91. The molecule has 0 atom stereocenters. The number of benzene rings is 2. The molecule has 6 nitrogen and oxygen atoms in total. The Kier molecular flexibility index (Phi) is 6.05. The van der Waals surface area contributed by atoms with Crippen LogP contribution >= 0.6 is 11.8 Å². The van der Waals surface area contributed by atoms with E-state index in [4.69, 9.17) is 5.21 Å². The standard InChI is InChI=1S/C18H19NO5S3/c20-17(19-21)18(10-12-26(22)13-11-18)27(23,24)16-8-6-15(7-9-16)25-14-4-2-1-3-5-14/h1-9,21H,10-13H2,(H,19,20). The van der Waals surface area contributed by atoms with Crippen molar-refractivity contribution in [1.29, 1.82) is 0 Å². The van der Waals surface area contributed by atoms with Crippen LogP contribution in [0.4, 0.5) is 0 Å². The number of sulfone groups is 1. The Labute approximate surface area is 164 Å². The van der Waals surface area contributed by atoms with Crippen LogP contribution in [-0.4, -0.2) is 40.0 Å². The number of amides is 1. The van der Waals surface area contributed by atoms with Gasteiger partial charge in [0.15, 0.2) is 14.6 Å². The molecule has 0 bridgehead atoms. The van der Waals surface area contributed by atoms with Crippen molar-refractivity contribution in [3.8, 4) is 0 Å². The maximum Gasteiger partial charge on any atom is 0.265 e. The van der Waals surface area contributed by atoms with Crippen molar-refractivity contribution in [2.24, 2.45) is 0 Å². The molecule has 2 aromatic rings. The summed E-state index contributed by atoms with van der Waals surface area (Å²) in [4.78, 5) is 14.2. The van der Waals surface area contributed by atoms with Crippen LogP contribution in [0.5, 0.6) is 0 Å². The van der Waals surface area contributed by atoms with Crippen LogP contribution in [0.3, 0.4) is 0 Å². The van der Waals surface area contributed by atoms with E-state index < -0.39 is 31.3 Å². The van der Waals surface area contributed by atoms with Gasteiger partial charge in [0.2, 0.25) is 0 Å². The fourth-order valence-electron chi connectivity index (χ4n) is 3.04. The molecule has 1 saturated heterocycles. The molecule has 144 valence electrons. The second-order valence-electron chi connectivity index (χ2n) is 6.17. The van der Waals surface area contributed by atoms with E-state index >= 15 is 0 Å². The van der Waals surface area contributed by atoms with Crippen LogP contribution < -0.4 is 5.48 Å². The van der Waals surface area contributed by atoms with E-state index in [0.29, 0.717) is 0 Å². The van der Waals surface area contributed by atoms with Gasteiger partial charge in [-0.05, 0) is 49.2 Å². The van der Waals surface area contributed by atoms with Gasteiger partial charge in [0.25, 0.3) is 5.91 Å². The van der Waals surface area contributed by atoms with E-state index in [1.807, 2.05) is 30.3 Å². The molecule has 9 heteroatoms. The summed E-state index contributed by atoms with van der Waals surface area (Å²) < 4.78 is 36.3. The maximum atomic E-state index is 13.2. The molecule has 1 fully saturated rings. The Hall–Kier alpha value is -1.68. The highest BCUT2D eigenvalue weighted by molar-refractivity contribution is 7.99. The Bertz CT molecular complexity index is 933. The SMILES string of the molecule is O=C(NO)C1(S(=O)(=O)c2ccc(Sc3ccccc3)cc2)CCS(=O)CC1. The molecule has 3 rings (SSSR count). The van der Waals surface area contributed by atoms with Crippen molar-refractivity contribution >= 4 is 38.3 Å². The third-order valence-corrected chi connectivity index (χ3v) is 9.46. The molecule has 0 spiro atoms. The lowest BCUT2D eigenvalue weighted by Crippen LogP contribution is -2.55. The molecular weight excluding hydrogens is 406 g/mol. The minimum atomic E-state index is -4.06. The zero-order valence-electron chi connectivity index (χ0n) is 14.3. The van der Waals surface area contributed by atoms with Gasteiger partial charge in [0.05, 0.1) is 4.90 Å². The van der Waals surface area contributed by atoms with Crippen molar-refractivity contribution in [3.05, 3.63) is 54.6 Å². The van der Waals surface area contributed by atoms with Crippen molar-refractivity contribution in [2.45, 2.75) is 32.3 Å². The lowest BCUT2D eigenvalue weighted by Gasteiger charge is -2.33. The van der Waals surface area contributed by atoms with E-state index in [9.17, 15) is 17.4 Å². The van der Waals surface area contributed by atoms with E-state index in [1.54, 1.807) is 12.1 Å². The number of nitrogens with one attached hydrogen (secondary N) is 1. The van der Waals surface area contributed by atoms with Gasteiger partial charge < -0.3 is 0 Å². The Morgan fingerprint density at radius 1 is 1.00 bits per heavy atom. The summed E-state index contributed by atoms with van der Waals surface area (Å²) in [5.41, 5.74) is 1.49. The summed E-state index contributed by atoms with van der Waals surface area (Å²) in [6.45, 7) is 0. The molecular formula is C18H19NO5S3. The van der Waals surface area contributed by atoms with Crippen LogP contribution in [-0.2, 0) is 25.4 Å². The second kappa shape index (κ2) is 8.14. The van der Waals surface area contributed by atoms with Gasteiger partial charge in [-0.15, -0.1) is 0 Å². The normalized spacial score (nSPS) is 22.9. The molecule has 0 saturated carbocycles. The smallest absolute Gasteiger partial charge is 0.265 e. The van der Waals surface area contributed by atoms with Crippen LogP contribution in [0.25, 0.3) is 0 Å². The van der Waals surface area contributed by atoms with Crippen LogP contribution in [0.2, 0.25) is 0 Å². The molecule has 0 aliphatic carbocycles. The van der Waals surface area contributed by atoms with Gasteiger partial charge in [-0.3, -0.25) is 14.2 Å². The molecule has 1 aliphatic rings. The number of carbonyl (C=O) groups excluding carboxylic acids is 1. The summed E-state index contributed by atoms with van der Waals surface area (Å²) in [6, 6.07) is 16.0. The first-order valence-electron chi connectivity index (χ1n) is 8.26. The fourth-order valence-corrected chi connectivity index (χ4v) is 7.47. The average molecular weight is 426 g/mol. The monoisotopic (exact) mass is 425 g/mol. The molecule has 1 amide bonds. The highest BCUT2D eigenvalue weighted by atomic mass is 32.2. The lowest BCUT2D eigenvalue weighted by atomic mass is 10.0. The van der Waals surface area contributed by atoms with Crippen molar-refractivity contribution in [1.82, 2.24) is 5.48 Å². The van der Waals surface area contributed by atoms with Gasteiger partial charge in [-0.25, -0.2) is 13.9 Å². The van der Waals surface area contributed by atoms with Gasteiger partial charge in [-0.2, -0.15) is 0 Å². The molecule has 27 heavy (non-hydrogen) atoms. The van der Waals surface area contributed by atoms with Crippen LogP contribution in [0.1, 0.15) is 12.8 Å². The molecule has 1 heterocycles.